The molecule has 6 nitrogen and oxygen atoms in total. The van der Waals surface area contributed by atoms with Crippen molar-refractivity contribution in [1.29, 1.82) is 0 Å². The van der Waals surface area contributed by atoms with Crippen LogP contribution in [0, 0.1) is 11.8 Å². The van der Waals surface area contributed by atoms with Gasteiger partial charge in [-0.2, -0.15) is 26.3 Å². The van der Waals surface area contributed by atoms with Crippen LogP contribution in [0.5, 0.6) is 0 Å². The Hall–Kier alpha value is -3.61. The van der Waals surface area contributed by atoms with E-state index in [1.54, 1.807) is 0 Å². The van der Waals surface area contributed by atoms with Gasteiger partial charge in [-0.1, -0.05) is 47.5 Å². The maximum Gasteiger partial charge on any atom is 0.416 e. The molecule has 0 radical (unpaired) electrons. The van der Waals surface area contributed by atoms with Crippen LogP contribution in [-0.4, -0.2) is 30.9 Å². The standard InChI is InChI=1S/C28H18Cl2F6N2O4/c1-42-25(41)22-20-21(24(40)38(23(20)39)19-9-8-17(29)12-18(19)30)26(37-22,13-4-2-6-15(10-13)27(31,32)33)14-5-3-7-16(11-14)28(34,35)36/h2-12,20-22,37H,1H3/t20-,21+,22-/m1/s1. The number of anilines is 1. The summed E-state index contributed by atoms with van der Waals surface area (Å²) in [5.41, 5.74) is -5.30. The zero-order chi connectivity index (χ0) is 30.8. The van der Waals surface area contributed by atoms with E-state index in [0.29, 0.717) is 17.0 Å². The van der Waals surface area contributed by atoms with E-state index in [1.807, 2.05) is 0 Å². The number of halogens is 8. The lowest BCUT2D eigenvalue weighted by Crippen LogP contribution is -2.52. The Morgan fingerprint density at radius 2 is 1.40 bits per heavy atom. The van der Waals surface area contributed by atoms with E-state index < -0.39 is 64.7 Å². The highest BCUT2D eigenvalue weighted by molar-refractivity contribution is 6.38. The van der Waals surface area contributed by atoms with Crippen LogP contribution in [-0.2, 0) is 37.0 Å². The van der Waals surface area contributed by atoms with Crippen molar-refractivity contribution in [3.63, 3.8) is 0 Å². The van der Waals surface area contributed by atoms with E-state index in [4.69, 9.17) is 27.9 Å². The Morgan fingerprint density at radius 3 is 1.88 bits per heavy atom. The summed E-state index contributed by atoms with van der Waals surface area (Å²) in [4.78, 5) is 41.7. The summed E-state index contributed by atoms with van der Waals surface area (Å²) in [7, 11) is 0.989. The Morgan fingerprint density at radius 1 is 0.857 bits per heavy atom. The van der Waals surface area contributed by atoms with Crippen LogP contribution < -0.4 is 10.2 Å². The Labute approximate surface area is 244 Å². The van der Waals surface area contributed by atoms with Gasteiger partial charge < -0.3 is 4.74 Å². The van der Waals surface area contributed by atoms with Crippen molar-refractivity contribution >= 4 is 46.7 Å². The third-order valence-electron chi connectivity index (χ3n) is 7.46. The predicted molar refractivity (Wildman–Crippen MR) is 139 cm³/mol. The Balaban J connectivity index is 1.83. The minimum Gasteiger partial charge on any atom is -0.468 e. The molecule has 0 aromatic heterocycles. The van der Waals surface area contributed by atoms with E-state index in [9.17, 15) is 40.7 Å². The summed E-state index contributed by atoms with van der Waals surface area (Å²) in [5, 5.41) is 2.81. The van der Waals surface area contributed by atoms with Gasteiger partial charge in [-0.3, -0.25) is 19.7 Å². The quantitative estimate of drug-likeness (QED) is 0.210. The highest BCUT2D eigenvalue weighted by Gasteiger charge is 2.68. The largest absolute Gasteiger partial charge is 0.468 e. The van der Waals surface area contributed by atoms with Gasteiger partial charge in [-0.15, -0.1) is 0 Å². The number of esters is 1. The first kappa shape index (κ1) is 29.9. The lowest BCUT2D eigenvalue weighted by Gasteiger charge is -2.37. The molecule has 2 heterocycles. The normalized spacial score (nSPS) is 21.9. The van der Waals surface area contributed by atoms with Crippen molar-refractivity contribution in [2.45, 2.75) is 23.9 Å². The third kappa shape index (κ3) is 4.71. The number of ether oxygens (including phenoxy) is 1. The number of carbonyl (C=O) groups excluding carboxylic acids is 3. The molecule has 0 bridgehead atoms. The molecule has 3 aromatic rings. The van der Waals surface area contributed by atoms with Gasteiger partial charge in [-0.25, -0.2) is 4.90 Å². The summed E-state index contributed by atoms with van der Waals surface area (Å²) in [6, 6.07) is 9.41. The summed E-state index contributed by atoms with van der Waals surface area (Å²) >= 11 is 12.2. The zero-order valence-electron chi connectivity index (χ0n) is 21.2. The second-order valence-electron chi connectivity index (χ2n) is 9.72. The monoisotopic (exact) mass is 630 g/mol. The van der Waals surface area contributed by atoms with Gasteiger partial charge in [0.05, 0.1) is 46.3 Å². The molecule has 0 saturated carbocycles. The number of amides is 2. The van der Waals surface area contributed by atoms with Crippen LogP contribution in [0.25, 0.3) is 0 Å². The number of imide groups is 1. The number of hydrogen-bond donors (Lipinski definition) is 1. The fourth-order valence-corrected chi connectivity index (χ4v) is 6.21. The maximum atomic E-state index is 14.2. The maximum absolute atomic E-state index is 14.2. The predicted octanol–water partition coefficient (Wildman–Crippen LogP) is 6.23. The number of fused-ring (bicyclic) bond motifs is 1. The molecule has 2 amide bonds. The second kappa shape index (κ2) is 10.3. The molecule has 3 aromatic carbocycles. The van der Waals surface area contributed by atoms with Gasteiger partial charge in [0.25, 0.3) is 0 Å². The van der Waals surface area contributed by atoms with Crippen molar-refractivity contribution in [3.8, 4) is 0 Å². The number of nitrogens with one attached hydrogen (secondary N) is 1. The highest BCUT2D eigenvalue weighted by Crippen LogP contribution is 2.54. The van der Waals surface area contributed by atoms with E-state index in [0.717, 1.165) is 31.4 Å². The van der Waals surface area contributed by atoms with Gasteiger partial charge in [0, 0.05) is 5.02 Å². The highest BCUT2D eigenvalue weighted by atomic mass is 35.5. The lowest BCUT2D eigenvalue weighted by atomic mass is 9.71. The molecule has 2 saturated heterocycles. The molecule has 1 N–H and O–H groups in total. The average molecular weight is 631 g/mol. The number of carbonyl (C=O) groups is 3. The van der Waals surface area contributed by atoms with Gasteiger partial charge in [0.15, 0.2) is 0 Å². The third-order valence-corrected chi connectivity index (χ3v) is 7.99. The summed E-state index contributed by atoms with van der Waals surface area (Å²) in [6.45, 7) is 0. The molecule has 0 unspecified atom stereocenters. The minimum absolute atomic E-state index is 0.129. The SMILES string of the molecule is COC(=O)[C@@H]1NC(c2cccc(C(F)(F)F)c2)(c2cccc(C(F)(F)F)c2)[C@@H]2C(=O)N(c3ccc(Cl)cc3Cl)C(=O)[C@H]21. The number of benzene rings is 3. The van der Waals surface area contributed by atoms with Crippen LogP contribution in [0.4, 0.5) is 32.0 Å². The Bertz CT molecular complexity index is 1550. The van der Waals surface area contributed by atoms with Crippen LogP contribution in [0.3, 0.4) is 0 Å². The van der Waals surface area contributed by atoms with E-state index >= 15 is 0 Å². The fourth-order valence-electron chi connectivity index (χ4n) is 5.71. The molecule has 0 aliphatic carbocycles. The molecule has 2 fully saturated rings. The van der Waals surface area contributed by atoms with Gasteiger partial charge in [0.1, 0.15) is 6.04 Å². The number of alkyl halides is 6. The van der Waals surface area contributed by atoms with Crippen LogP contribution in [0.15, 0.2) is 66.7 Å². The molecule has 0 spiro atoms. The summed E-state index contributed by atoms with van der Waals surface area (Å²) in [6.07, 6.45) is -9.74. The molecule has 5 rings (SSSR count). The number of nitrogens with zero attached hydrogens (tertiary/aromatic N) is 1. The van der Waals surface area contributed by atoms with Gasteiger partial charge >= 0.3 is 18.3 Å². The van der Waals surface area contributed by atoms with Crippen molar-refractivity contribution in [3.05, 3.63) is 99.0 Å². The average Bonchev–Trinajstić information content (AvgIpc) is 3.42. The zero-order valence-corrected chi connectivity index (χ0v) is 22.7. The summed E-state index contributed by atoms with van der Waals surface area (Å²) in [5.74, 6) is -6.33. The van der Waals surface area contributed by atoms with Crippen molar-refractivity contribution in [2.75, 3.05) is 12.0 Å². The fraction of sp³-hybridized carbons (Fsp3) is 0.250. The second-order valence-corrected chi connectivity index (χ2v) is 10.6. The first-order valence-corrected chi connectivity index (χ1v) is 12.9. The first-order chi connectivity index (χ1) is 19.6. The molecule has 42 heavy (non-hydrogen) atoms. The number of methoxy groups -OCH3 is 1. The van der Waals surface area contributed by atoms with Gasteiger partial charge in [0.2, 0.25) is 11.8 Å². The molecule has 14 heteroatoms. The molecular formula is C28H18Cl2F6N2O4. The van der Waals surface area contributed by atoms with Crippen LogP contribution in [0.1, 0.15) is 22.3 Å². The number of hydrogen-bond acceptors (Lipinski definition) is 5. The molecule has 2 aliphatic heterocycles. The van der Waals surface area contributed by atoms with E-state index in [-0.39, 0.29) is 26.9 Å². The molecular weight excluding hydrogens is 613 g/mol. The summed E-state index contributed by atoms with van der Waals surface area (Å²) < 4.78 is 87.8. The first-order valence-electron chi connectivity index (χ1n) is 12.1. The van der Waals surface area contributed by atoms with Crippen molar-refractivity contribution in [2.24, 2.45) is 11.8 Å². The van der Waals surface area contributed by atoms with Crippen LogP contribution >= 0.6 is 23.2 Å². The van der Waals surface area contributed by atoms with E-state index in [2.05, 4.69) is 5.32 Å². The molecule has 2 aliphatic rings. The van der Waals surface area contributed by atoms with Crippen LogP contribution in [0.2, 0.25) is 10.0 Å². The van der Waals surface area contributed by atoms with Gasteiger partial charge in [-0.05, 0) is 53.6 Å². The van der Waals surface area contributed by atoms with Crippen molar-refractivity contribution < 1.29 is 45.5 Å². The lowest BCUT2D eigenvalue weighted by molar-refractivity contribution is -0.145. The Kier molecular flexibility index (Phi) is 7.31. The molecule has 3 atom stereocenters. The number of rotatable bonds is 4. The van der Waals surface area contributed by atoms with Crippen molar-refractivity contribution in [1.82, 2.24) is 5.32 Å². The topological polar surface area (TPSA) is 75.7 Å². The van der Waals surface area contributed by atoms with E-state index in [1.165, 1.54) is 30.3 Å². The molecule has 220 valence electrons. The minimum atomic E-state index is -4.87. The smallest absolute Gasteiger partial charge is 0.416 e.